The molecule has 1 saturated heterocycles. The Morgan fingerprint density at radius 2 is 2.06 bits per heavy atom. The Balaban J connectivity index is 1.30. The van der Waals surface area contributed by atoms with Crippen molar-refractivity contribution >= 4 is 23.7 Å². The summed E-state index contributed by atoms with van der Waals surface area (Å²) in [6.07, 6.45) is 4.85. The summed E-state index contributed by atoms with van der Waals surface area (Å²) < 4.78 is 17.0. The van der Waals surface area contributed by atoms with Gasteiger partial charge in [-0.3, -0.25) is 4.79 Å². The van der Waals surface area contributed by atoms with Crippen molar-refractivity contribution in [2.24, 2.45) is 0 Å². The molecule has 1 N–H and O–H groups in total. The molecule has 0 aliphatic carbocycles. The van der Waals surface area contributed by atoms with E-state index in [-0.39, 0.29) is 18.6 Å². The first-order valence-corrected chi connectivity index (χ1v) is 10.6. The molecule has 9 heteroatoms. The molecule has 2 aliphatic rings. The van der Waals surface area contributed by atoms with Crippen LogP contribution in [0.1, 0.15) is 17.4 Å². The molecule has 168 valence electrons. The number of carbonyl (C=O) groups is 1. The summed E-state index contributed by atoms with van der Waals surface area (Å²) in [7, 11) is 1.61. The van der Waals surface area contributed by atoms with Crippen LogP contribution in [0.3, 0.4) is 0 Å². The Morgan fingerprint density at radius 1 is 1.18 bits per heavy atom. The van der Waals surface area contributed by atoms with Gasteiger partial charge in [0.2, 0.25) is 5.95 Å². The maximum absolute atomic E-state index is 13.2. The van der Waals surface area contributed by atoms with Crippen LogP contribution in [0.4, 0.5) is 11.8 Å². The van der Waals surface area contributed by atoms with Gasteiger partial charge in [0.15, 0.2) is 0 Å². The van der Waals surface area contributed by atoms with E-state index in [1.54, 1.807) is 30.5 Å². The van der Waals surface area contributed by atoms with E-state index >= 15 is 0 Å². The van der Waals surface area contributed by atoms with Crippen LogP contribution in [0.25, 0.3) is 6.08 Å². The number of benzene rings is 1. The molecule has 2 aromatic heterocycles. The van der Waals surface area contributed by atoms with Crippen LogP contribution in [-0.4, -0.2) is 59.2 Å². The van der Waals surface area contributed by atoms with Crippen LogP contribution >= 0.6 is 0 Å². The summed E-state index contributed by atoms with van der Waals surface area (Å²) in [6.45, 7) is 1.57. The summed E-state index contributed by atoms with van der Waals surface area (Å²) in [4.78, 5) is 28.0. The zero-order chi connectivity index (χ0) is 22.6. The van der Waals surface area contributed by atoms with Crippen molar-refractivity contribution < 1.29 is 19.0 Å². The van der Waals surface area contributed by atoms with Gasteiger partial charge in [-0.25, -0.2) is 15.0 Å². The van der Waals surface area contributed by atoms with E-state index in [0.717, 1.165) is 17.0 Å². The molecule has 3 aromatic rings. The number of hydrogen-bond acceptors (Lipinski definition) is 8. The fourth-order valence-electron chi connectivity index (χ4n) is 3.80. The van der Waals surface area contributed by atoms with Crippen molar-refractivity contribution in [3.63, 3.8) is 0 Å². The number of carbonyl (C=O) groups excluding carboxylic acids is 1. The second-order valence-corrected chi connectivity index (χ2v) is 7.62. The third-order valence-electron chi connectivity index (χ3n) is 5.46. The average Bonchev–Trinajstić information content (AvgIpc) is 2.88. The highest BCUT2D eigenvalue weighted by Crippen LogP contribution is 2.31. The van der Waals surface area contributed by atoms with E-state index in [2.05, 4.69) is 20.3 Å². The number of aromatic nitrogens is 3. The zero-order valence-electron chi connectivity index (χ0n) is 18.1. The van der Waals surface area contributed by atoms with Gasteiger partial charge in [0.25, 0.3) is 5.91 Å². The van der Waals surface area contributed by atoms with E-state index < -0.39 is 0 Å². The largest absolute Gasteiger partial charge is 0.497 e. The molecule has 5 rings (SSSR count). The topological polar surface area (TPSA) is 98.7 Å². The van der Waals surface area contributed by atoms with Crippen LogP contribution in [-0.2, 0) is 9.53 Å². The highest BCUT2D eigenvalue weighted by Gasteiger charge is 2.29. The van der Waals surface area contributed by atoms with Crippen LogP contribution in [0, 0.1) is 0 Å². The summed E-state index contributed by atoms with van der Waals surface area (Å²) in [5.41, 5.74) is 2.16. The molecule has 0 bridgehead atoms. The number of pyridine rings is 1. The van der Waals surface area contributed by atoms with E-state index in [4.69, 9.17) is 14.2 Å². The number of amides is 1. The molecule has 4 heterocycles. The van der Waals surface area contributed by atoms with Gasteiger partial charge < -0.3 is 24.4 Å². The molecule has 0 radical (unpaired) electrons. The number of fused-ring (bicyclic) bond motifs is 1. The summed E-state index contributed by atoms with van der Waals surface area (Å²) in [6, 6.07) is 12.9. The highest BCUT2D eigenvalue weighted by molar-refractivity contribution is 5.99. The predicted molar refractivity (Wildman–Crippen MR) is 121 cm³/mol. The first-order chi connectivity index (χ1) is 16.2. The lowest BCUT2D eigenvalue weighted by Gasteiger charge is -2.33. The van der Waals surface area contributed by atoms with Gasteiger partial charge in [0.05, 0.1) is 31.5 Å². The SMILES string of the molecule is COc1ccc2c(c1)C=C(C(=O)N1CCO[C@@H](c3cccc(Nc4ncccn4)n3)C1)CO2. The minimum atomic E-state index is -0.335. The predicted octanol–water partition coefficient (Wildman–Crippen LogP) is 3.00. The lowest BCUT2D eigenvalue weighted by atomic mass is 10.1. The number of nitrogens with one attached hydrogen (secondary N) is 1. The number of nitrogens with zero attached hydrogens (tertiary/aromatic N) is 4. The molecule has 0 spiro atoms. The first kappa shape index (κ1) is 20.9. The van der Waals surface area contributed by atoms with Gasteiger partial charge in [-0.05, 0) is 42.5 Å². The molecule has 1 atom stereocenters. The van der Waals surface area contributed by atoms with Gasteiger partial charge in [-0.15, -0.1) is 0 Å². The van der Waals surface area contributed by atoms with E-state index in [9.17, 15) is 4.79 Å². The van der Waals surface area contributed by atoms with Crippen molar-refractivity contribution in [1.82, 2.24) is 19.9 Å². The normalized spacial score (nSPS) is 17.4. The summed E-state index contributed by atoms with van der Waals surface area (Å²) >= 11 is 0. The molecule has 33 heavy (non-hydrogen) atoms. The number of hydrogen-bond donors (Lipinski definition) is 1. The molecule has 2 aliphatic heterocycles. The van der Waals surface area contributed by atoms with Crippen molar-refractivity contribution in [1.29, 1.82) is 0 Å². The van der Waals surface area contributed by atoms with E-state index in [0.29, 0.717) is 42.8 Å². The third-order valence-corrected chi connectivity index (χ3v) is 5.46. The molecule has 0 unspecified atom stereocenters. The Labute approximate surface area is 191 Å². The maximum Gasteiger partial charge on any atom is 0.253 e. The van der Waals surface area contributed by atoms with Crippen LogP contribution in [0.15, 0.2) is 60.4 Å². The monoisotopic (exact) mass is 445 g/mol. The van der Waals surface area contributed by atoms with Crippen LogP contribution in [0.5, 0.6) is 11.5 Å². The smallest absolute Gasteiger partial charge is 0.253 e. The van der Waals surface area contributed by atoms with Gasteiger partial charge in [0, 0.05) is 24.5 Å². The molecule has 1 fully saturated rings. The van der Waals surface area contributed by atoms with Crippen LogP contribution < -0.4 is 14.8 Å². The van der Waals surface area contributed by atoms with Gasteiger partial charge in [0.1, 0.15) is 30.0 Å². The Hall–Kier alpha value is -3.98. The number of ether oxygens (including phenoxy) is 3. The van der Waals surface area contributed by atoms with Crippen molar-refractivity contribution in [2.45, 2.75) is 6.10 Å². The lowest BCUT2D eigenvalue weighted by Crippen LogP contribution is -2.44. The van der Waals surface area contributed by atoms with Crippen molar-refractivity contribution in [2.75, 3.05) is 38.7 Å². The molecule has 1 amide bonds. The Morgan fingerprint density at radius 3 is 2.91 bits per heavy atom. The van der Waals surface area contributed by atoms with Crippen LogP contribution in [0.2, 0.25) is 0 Å². The summed E-state index contributed by atoms with van der Waals surface area (Å²) in [5.74, 6) is 2.46. The summed E-state index contributed by atoms with van der Waals surface area (Å²) in [5, 5.41) is 3.08. The van der Waals surface area contributed by atoms with Gasteiger partial charge in [-0.2, -0.15) is 0 Å². The lowest BCUT2D eigenvalue weighted by molar-refractivity contribution is -0.135. The minimum absolute atomic E-state index is 0.0660. The zero-order valence-corrected chi connectivity index (χ0v) is 18.1. The van der Waals surface area contributed by atoms with E-state index in [1.165, 1.54) is 0 Å². The second-order valence-electron chi connectivity index (χ2n) is 7.62. The third kappa shape index (κ3) is 4.63. The number of methoxy groups -OCH3 is 1. The quantitative estimate of drug-likeness (QED) is 0.640. The van der Waals surface area contributed by atoms with Crippen molar-refractivity contribution in [3.8, 4) is 11.5 Å². The van der Waals surface area contributed by atoms with E-state index in [1.807, 2.05) is 42.5 Å². The minimum Gasteiger partial charge on any atom is -0.497 e. The average molecular weight is 445 g/mol. The highest BCUT2D eigenvalue weighted by atomic mass is 16.5. The van der Waals surface area contributed by atoms with Crippen molar-refractivity contribution in [3.05, 3.63) is 71.7 Å². The molecular formula is C24H23N5O4. The second kappa shape index (κ2) is 9.25. The molecule has 9 nitrogen and oxygen atoms in total. The van der Waals surface area contributed by atoms with Gasteiger partial charge in [-0.1, -0.05) is 6.07 Å². The fourth-order valence-corrected chi connectivity index (χ4v) is 3.80. The molecule has 1 aromatic carbocycles. The number of anilines is 2. The number of morpholine rings is 1. The first-order valence-electron chi connectivity index (χ1n) is 10.6. The maximum atomic E-state index is 13.2. The number of rotatable bonds is 5. The molecular weight excluding hydrogens is 422 g/mol. The van der Waals surface area contributed by atoms with Gasteiger partial charge >= 0.3 is 0 Å². The Bertz CT molecular complexity index is 1180. The fraction of sp³-hybridized carbons (Fsp3) is 0.250. The molecule has 0 saturated carbocycles. The Kier molecular flexibility index (Phi) is 5.86. The standard InChI is InChI=1S/C24H23N5O4/c1-31-18-6-7-20-16(13-18)12-17(15-33-20)23(30)29-10-11-32-21(14-29)19-4-2-5-22(27-19)28-24-25-8-3-9-26-24/h2-9,12-13,21H,10-11,14-15H2,1H3,(H,25,26,27,28)/t21-/m1/s1.